The lowest BCUT2D eigenvalue weighted by Gasteiger charge is -2.20. The molecule has 0 fully saturated rings. The largest absolute Gasteiger partial charge is 0.492 e. The van der Waals surface area contributed by atoms with Crippen LogP contribution in [-0.4, -0.2) is 24.6 Å². The van der Waals surface area contributed by atoms with Crippen LogP contribution < -0.4 is 15.4 Å². The molecule has 0 radical (unpaired) electrons. The molecule has 4 nitrogen and oxygen atoms in total. The molecule has 1 amide bonds. The van der Waals surface area contributed by atoms with Crippen LogP contribution in [0.2, 0.25) is 5.02 Å². The second kappa shape index (κ2) is 7.50. The van der Waals surface area contributed by atoms with Gasteiger partial charge in [0.1, 0.15) is 5.75 Å². The van der Waals surface area contributed by atoms with Crippen molar-refractivity contribution in [3.8, 4) is 5.75 Å². The maximum Gasteiger partial charge on any atom is 0.225 e. The Morgan fingerprint density at radius 1 is 1.35 bits per heavy atom. The first-order valence-corrected chi connectivity index (χ1v) is 7.17. The average Bonchev–Trinajstić information content (AvgIpc) is 2.31. The Labute approximate surface area is 125 Å². The lowest BCUT2D eigenvalue weighted by atomic mass is 10.1. The Balaban J connectivity index is 2.48. The third-order valence-electron chi connectivity index (χ3n) is 2.52. The molecule has 0 spiro atoms. The highest BCUT2D eigenvalue weighted by molar-refractivity contribution is 6.32. The number of benzene rings is 1. The highest BCUT2D eigenvalue weighted by Crippen LogP contribution is 2.27. The van der Waals surface area contributed by atoms with Crippen LogP contribution in [0, 0.1) is 0 Å². The van der Waals surface area contributed by atoms with Gasteiger partial charge in [-0.15, -0.1) is 0 Å². The smallest absolute Gasteiger partial charge is 0.225 e. The summed E-state index contributed by atoms with van der Waals surface area (Å²) in [5, 5.41) is 6.59. The summed E-state index contributed by atoms with van der Waals surface area (Å²) in [7, 11) is 0. The number of carbonyl (C=O) groups is 1. The monoisotopic (exact) mass is 298 g/mol. The molecule has 1 rings (SSSR count). The van der Waals surface area contributed by atoms with E-state index >= 15 is 0 Å². The predicted octanol–water partition coefficient (Wildman–Crippen LogP) is 3.46. The molecule has 112 valence electrons. The summed E-state index contributed by atoms with van der Waals surface area (Å²) < 4.78 is 5.34. The Hall–Kier alpha value is -1.26. The first kappa shape index (κ1) is 16.8. The topological polar surface area (TPSA) is 50.4 Å². The van der Waals surface area contributed by atoms with E-state index in [-0.39, 0.29) is 11.4 Å². The van der Waals surface area contributed by atoms with E-state index in [0.29, 0.717) is 36.0 Å². The van der Waals surface area contributed by atoms with Gasteiger partial charge in [0.25, 0.3) is 0 Å². The Bertz CT molecular complexity index is 456. The highest BCUT2D eigenvalue weighted by Gasteiger charge is 2.10. The van der Waals surface area contributed by atoms with Crippen LogP contribution >= 0.6 is 11.6 Å². The second-order valence-electron chi connectivity index (χ2n) is 5.55. The number of amides is 1. The van der Waals surface area contributed by atoms with Gasteiger partial charge in [0.2, 0.25) is 5.91 Å². The number of anilines is 1. The van der Waals surface area contributed by atoms with Crippen molar-refractivity contribution >= 4 is 23.2 Å². The van der Waals surface area contributed by atoms with Crippen molar-refractivity contribution in [2.75, 3.05) is 18.5 Å². The lowest BCUT2D eigenvalue weighted by molar-refractivity contribution is -0.116. The lowest BCUT2D eigenvalue weighted by Crippen LogP contribution is -2.37. The fraction of sp³-hybridized carbons (Fsp3) is 0.533. The molecule has 0 heterocycles. The van der Waals surface area contributed by atoms with Crippen molar-refractivity contribution in [2.45, 2.75) is 39.7 Å². The van der Waals surface area contributed by atoms with Gasteiger partial charge in [-0.25, -0.2) is 0 Å². The number of hydrogen-bond donors (Lipinski definition) is 2. The van der Waals surface area contributed by atoms with E-state index < -0.39 is 0 Å². The molecule has 1 aromatic rings. The molecule has 0 aliphatic heterocycles. The van der Waals surface area contributed by atoms with E-state index in [0.717, 1.165) is 0 Å². The fourth-order valence-electron chi connectivity index (χ4n) is 1.63. The van der Waals surface area contributed by atoms with Gasteiger partial charge in [0, 0.05) is 24.2 Å². The first-order chi connectivity index (χ1) is 9.31. The average molecular weight is 299 g/mol. The molecule has 5 heteroatoms. The fourth-order valence-corrected chi connectivity index (χ4v) is 1.86. The molecule has 0 saturated carbocycles. The van der Waals surface area contributed by atoms with Gasteiger partial charge < -0.3 is 15.4 Å². The number of nitrogens with one attached hydrogen (secondary N) is 2. The molecule has 1 aromatic carbocycles. The summed E-state index contributed by atoms with van der Waals surface area (Å²) in [6, 6.07) is 5.24. The standard InChI is InChI=1S/C15H23ClN2O2/c1-5-20-13-7-6-11(10-12(13)16)18-14(19)8-9-17-15(2,3)4/h6-7,10,17H,5,8-9H2,1-4H3,(H,18,19). The van der Waals surface area contributed by atoms with Crippen LogP contribution in [0.15, 0.2) is 18.2 Å². The third kappa shape index (κ3) is 6.26. The maximum absolute atomic E-state index is 11.8. The minimum absolute atomic E-state index is 0.0166. The van der Waals surface area contributed by atoms with Crippen LogP contribution in [0.4, 0.5) is 5.69 Å². The van der Waals surface area contributed by atoms with E-state index in [4.69, 9.17) is 16.3 Å². The molecule has 0 saturated heterocycles. The zero-order valence-electron chi connectivity index (χ0n) is 12.5. The molecule has 0 bridgehead atoms. The van der Waals surface area contributed by atoms with Crippen LogP contribution in [0.5, 0.6) is 5.75 Å². The molecule has 0 aromatic heterocycles. The summed E-state index contributed by atoms with van der Waals surface area (Å²) in [5.74, 6) is 0.587. The molecular formula is C15H23ClN2O2. The van der Waals surface area contributed by atoms with Gasteiger partial charge >= 0.3 is 0 Å². The Kier molecular flexibility index (Phi) is 6.30. The van der Waals surface area contributed by atoms with E-state index in [1.54, 1.807) is 18.2 Å². The van der Waals surface area contributed by atoms with Crippen molar-refractivity contribution in [1.29, 1.82) is 0 Å². The first-order valence-electron chi connectivity index (χ1n) is 6.79. The number of halogens is 1. The van der Waals surface area contributed by atoms with Crippen LogP contribution in [0.1, 0.15) is 34.1 Å². The van der Waals surface area contributed by atoms with Crippen LogP contribution in [0.25, 0.3) is 0 Å². The molecule has 0 aliphatic carbocycles. The van der Waals surface area contributed by atoms with Gasteiger partial charge in [0.05, 0.1) is 11.6 Å². The minimum Gasteiger partial charge on any atom is -0.492 e. The SMILES string of the molecule is CCOc1ccc(NC(=O)CCNC(C)(C)C)cc1Cl. The summed E-state index contributed by atoms with van der Waals surface area (Å²) in [6.07, 6.45) is 0.419. The number of ether oxygens (including phenoxy) is 1. The highest BCUT2D eigenvalue weighted by atomic mass is 35.5. The van der Waals surface area contributed by atoms with Gasteiger partial charge in [0.15, 0.2) is 0 Å². The van der Waals surface area contributed by atoms with Crippen molar-refractivity contribution in [1.82, 2.24) is 5.32 Å². The van der Waals surface area contributed by atoms with Gasteiger partial charge in [-0.3, -0.25) is 4.79 Å². The zero-order chi connectivity index (χ0) is 15.2. The third-order valence-corrected chi connectivity index (χ3v) is 2.82. The summed E-state index contributed by atoms with van der Waals surface area (Å²) in [6.45, 7) is 9.30. The molecular weight excluding hydrogens is 276 g/mol. The van der Waals surface area contributed by atoms with Gasteiger partial charge in [-0.05, 0) is 45.9 Å². The molecule has 0 atom stereocenters. The normalized spacial score (nSPS) is 11.2. The van der Waals surface area contributed by atoms with Gasteiger partial charge in [-0.1, -0.05) is 11.6 Å². The van der Waals surface area contributed by atoms with E-state index in [9.17, 15) is 4.79 Å². The second-order valence-corrected chi connectivity index (χ2v) is 5.96. The van der Waals surface area contributed by atoms with Crippen molar-refractivity contribution in [3.05, 3.63) is 23.2 Å². The Morgan fingerprint density at radius 3 is 2.60 bits per heavy atom. The molecule has 2 N–H and O–H groups in total. The summed E-state index contributed by atoms with van der Waals surface area (Å²) >= 11 is 6.07. The predicted molar refractivity (Wildman–Crippen MR) is 83.6 cm³/mol. The summed E-state index contributed by atoms with van der Waals surface area (Å²) in [5.41, 5.74) is 0.696. The van der Waals surface area contributed by atoms with Crippen molar-refractivity contribution in [2.24, 2.45) is 0 Å². The van der Waals surface area contributed by atoms with E-state index in [1.807, 2.05) is 6.92 Å². The van der Waals surface area contributed by atoms with Gasteiger partial charge in [-0.2, -0.15) is 0 Å². The quantitative estimate of drug-likeness (QED) is 0.845. The molecule has 0 aliphatic rings. The summed E-state index contributed by atoms with van der Waals surface area (Å²) in [4.78, 5) is 11.8. The van der Waals surface area contributed by atoms with Crippen LogP contribution in [-0.2, 0) is 4.79 Å². The van der Waals surface area contributed by atoms with Crippen molar-refractivity contribution in [3.63, 3.8) is 0 Å². The molecule has 20 heavy (non-hydrogen) atoms. The minimum atomic E-state index is -0.0398. The van der Waals surface area contributed by atoms with E-state index in [2.05, 4.69) is 31.4 Å². The number of carbonyl (C=O) groups excluding carboxylic acids is 1. The number of rotatable bonds is 6. The maximum atomic E-state index is 11.8. The number of hydrogen-bond acceptors (Lipinski definition) is 3. The van der Waals surface area contributed by atoms with E-state index in [1.165, 1.54) is 0 Å². The zero-order valence-corrected chi connectivity index (χ0v) is 13.3. The van der Waals surface area contributed by atoms with Crippen LogP contribution in [0.3, 0.4) is 0 Å². The Morgan fingerprint density at radius 2 is 2.05 bits per heavy atom. The molecule has 0 unspecified atom stereocenters. The van der Waals surface area contributed by atoms with Crippen molar-refractivity contribution < 1.29 is 9.53 Å².